The van der Waals surface area contributed by atoms with Gasteiger partial charge in [0.2, 0.25) is 5.91 Å². The minimum atomic E-state index is -0.881. The number of anilines is 2. The number of hydrogen-bond donors (Lipinski definition) is 1. The number of nitrogens with zero attached hydrogens (tertiary/aromatic N) is 2. The molecule has 0 fully saturated rings. The molecule has 0 spiro atoms. The van der Waals surface area contributed by atoms with E-state index in [1.54, 1.807) is 16.8 Å². The van der Waals surface area contributed by atoms with Crippen molar-refractivity contribution < 1.29 is 14.7 Å². The van der Waals surface area contributed by atoms with Crippen molar-refractivity contribution in [1.82, 2.24) is 0 Å². The van der Waals surface area contributed by atoms with Gasteiger partial charge in [-0.3, -0.25) is 9.59 Å². The van der Waals surface area contributed by atoms with Crippen LogP contribution in [0.2, 0.25) is 0 Å². The summed E-state index contributed by atoms with van der Waals surface area (Å²) < 4.78 is 0. The van der Waals surface area contributed by atoms with Gasteiger partial charge in [-0.05, 0) is 30.7 Å². The number of carboxylic acids is 1. The van der Waals surface area contributed by atoms with Crippen LogP contribution in [0.3, 0.4) is 0 Å². The van der Waals surface area contributed by atoms with Crippen LogP contribution in [-0.4, -0.2) is 37.1 Å². The maximum atomic E-state index is 12.0. The predicted octanol–water partition coefficient (Wildman–Crippen LogP) is 1.67. The predicted molar refractivity (Wildman–Crippen MR) is 78.2 cm³/mol. The fourth-order valence-corrected chi connectivity index (χ4v) is 2.34. The molecule has 0 aromatic heterocycles. The van der Waals surface area contributed by atoms with Gasteiger partial charge in [0.1, 0.15) is 6.54 Å². The molecular formula is C15H18N2O3. The van der Waals surface area contributed by atoms with E-state index in [4.69, 9.17) is 5.11 Å². The molecule has 1 aromatic rings. The molecule has 0 radical (unpaired) electrons. The first kappa shape index (κ1) is 14.1. The number of fused-ring (bicyclic) bond motifs is 1. The van der Waals surface area contributed by atoms with Gasteiger partial charge >= 0.3 is 5.97 Å². The number of aliphatic carboxylic acids is 1. The molecule has 1 aliphatic heterocycles. The van der Waals surface area contributed by atoms with Crippen LogP contribution in [0.15, 0.2) is 30.4 Å². The minimum absolute atomic E-state index is 0.0565. The number of amides is 1. The van der Waals surface area contributed by atoms with Crippen LogP contribution in [0.25, 0.3) is 0 Å². The molecule has 1 aromatic carbocycles. The third-order valence-electron chi connectivity index (χ3n) is 3.24. The number of benzene rings is 1. The van der Waals surface area contributed by atoms with Crippen LogP contribution < -0.4 is 9.80 Å². The van der Waals surface area contributed by atoms with Crippen molar-refractivity contribution >= 4 is 23.3 Å². The number of likely N-dealkylation sites (N-methyl/N-ethyl adjacent to an activating group) is 1. The van der Waals surface area contributed by atoms with Gasteiger partial charge in [-0.2, -0.15) is 0 Å². The molecule has 0 aliphatic carbocycles. The van der Waals surface area contributed by atoms with Crippen molar-refractivity contribution in [1.29, 1.82) is 0 Å². The second kappa shape index (κ2) is 5.36. The van der Waals surface area contributed by atoms with Crippen LogP contribution in [0.4, 0.5) is 11.4 Å². The lowest BCUT2D eigenvalue weighted by atomic mass is 10.1. The van der Waals surface area contributed by atoms with E-state index in [1.165, 1.54) is 0 Å². The van der Waals surface area contributed by atoms with Crippen molar-refractivity contribution in [2.75, 3.05) is 29.9 Å². The Labute approximate surface area is 118 Å². The lowest BCUT2D eigenvalue weighted by molar-refractivity contribution is -0.135. The molecule has 1 aliphatic rings. The van der Waals surface area contributed by atoms with Gasteiger partial charge in [-0.15, -0.1) is 0 Å². The van der Waals surface area contributed by atoms with Crippen molar-refractivity contribution in [3.05, 3.63) is 35.9 Å². The molecule has 0 atom stereocenters. The summed E-state index contributed by atoms with van der Waals surface area (Å²) in [7, 11) is 1.72. The summed E-state index contributed by atoms with van der Waals surface area (Å²) >= 11 is 0. The Balaban J connectivity index is 2.26. The second-order valence-corrected chi connectivity index (χ2v) is 5.18. The van der Waals surface area contributed by atoms with Crippen molar-refractivity contribution in [2.24, 2.45) is 0 Å². The average molecular weight is 274 g/mol. The van der Waals surface area contributed by atoms with Gasteiger partial charge in [0.15, 0.2) is 0 Å². The second-order valence-electron chi connectivity index (χ2n) is 5.18. The van der Waals surface area contributed by atoms with Crippen LogP contribution >= 0.6 is 0 Å². The molecule has 0 saturated carbocycles. The number of hydrogen-bond acceptors (Lipinski definition) is 3. The van der Waals surface area contributed by atoms with Crippen LogP contribution in [-0.2, 0) is 16.0 Å². The third-order valence-corrected chi connectivity index (χ3v) is 3.24. The van der Waals surface area contributed by atoms with Crippen LogP contribution in [0.1, 0.15) is 12.5 Å². The summed E-state index contributed by atoms with van der Waals surface area (Å²) in [5, 5.41) is 8.81. The van der Waals surface area contributed by atoms with E-state index < -0.39 is 5.97 Å². The monoisotopic (exact) mass is 274 g/mol. The molecule has 1 heterocycles. The van der Waals surface area contributed by atoms with E-state index in [0.717, 1.165) is 22.5 Å². The highest BCUT2D eigenvalue weighted by Gasteiger charge is 2.27. The smallest absolute Gasteiger partial charge is 0.323 e. The number of carbonyl (C=O) groups excluding carboxylic acids is 1. The summed E-state index contributed by atoms with van der Waals surface area (Å²) in [6.45, 7) is 6.18. The first-order valence-electron chi connectivity index (χ1n) is 6.39. The lowest BCUT2D eigenvalue weighted by Gasteiger charge is -2.20. The molecule has 0 saturated heterocycles. The highest BCUT2D eigenvalue weighted by molar-refractivity contribution is 6.02. The van der Waals surface area contributed by atoms with E-state index in [9.17, 15) is 9.59 Å². The molecule has 0 bridgehead atoms. The standard InChI is InChI=1S/C15H18N2O3/c1-10(2)8-17-13-5-4-12(16(3)9-15(19)20)6-11(13)7-14(17)18/h4-6H,1,7-9H2,2-3H3,(H,19,20). The normalized spacial score (nSPS) is 13.3. The molecule has 1 N–H and O–H groups in total. The molecule has 1 amide bonds. The summed E-state index contributed by atoms with van der Waals surface area (Å²) in [4.78, 5) is 26.1. The SMILES string of the molecule is C=C(C)CN1C(=O)Cc2cc(N(C)CC(=O)O)ccc21. The third kappa shape index (κ3) is 2.82. The zero-order valence-corrected chi connectivity index (χ0v) is 11.7. The largest absolute Gasteiger partial charge is 0.480 e. The molecule has 0 unspecified atom stereocenters. The summed E-state index contributed by atoms with van der Waals surface area (Å²) in [6, 6.07) is 5.59. The Morgan fingerprint density at radius 3 is 2.80 bits per heavy atom. The Bertz CT molecular complexity index is 580. The fraction of sp³-hybridized carbons (Fsp3) is 0.333. The van der Waals surface area contributed by atoms with Crippen molar-refractivity contribution in [3.8, 4) is 0 Å². The highest BCUT2D eigenvalue weighted by Crippen LogP contribution is 2.32. The number of rotatable bonds is 5. The fourth-order valence-electron chi connectivity index (χ4n) is 2.34. The Morgan fingerprint density at radius 2 is 2.20 bits per heavy atom. The molecule has 106 valence electrons. The molecule has 20 heavy (non-hydrogen) atoms. The molecule has 5 nitrogen and oxygen atoms in total. The van der Waals surface area contributed by atoms with Gasteiger partial charge in [0.05, 0.1) is 6.42 Å². The van der Waals surface area contributed by atoms with Crippen LogP contribution in [0, 0.1) is 0 Å². The zero-order valence-electron chi connectivity index (χ0n) is 11.7. The van der Waals surface area contributed by atoms with Gasteiger partial charge in [0.25, 0.3) is 0 Å². The molecule has 5 heteroatoms. The van der Waals surface area contributed by atoms with Gasteiger partial charge in [-0.25, -0.2) is 0 Å². The van der Waals surface area contributed by atoms with Gasteiger partial charge in [0, 0.05) is 25.0 Å². The first-order chi connectivity index (χ1) is 9.38. The quantitative estimate of drug-likeness (QED) is 0.830. The van der Waals surface area contributed by atoms with E-state index in [1.807, 2.05) is 25.1 Å². The zero-order chi connectivity index (χ0) is 14.9. The van der Waals surface area contributed by atoms with Crippen LogP contribution in [0.5, 0.6) is 0 Å². The summed E-state index contributed by atoms with van der Waals surface area (Å²) in [5.74, 6) is -0.825. The topological polar surface area (TPSA) is 60.9 Å². The molecule has 2 rings (SSSR count). The van der Waals surface area contributed by atoms with Crippen molar-refractivity contribution in [3.63, 3.8) is 0 Å². The van der Waals surface area contributed by atoms with E-state index in [-0.39, 0.29) is 12.5 Å². The Kier molecular flexibility index (Phi) is 3.79. The van der Waals surface area contributed by atoms with Crippen molar-refractivity contribution in [2.45, 2.75) is 13.3 Å². The Morgan fingerprint density at radius 1 is 1.50 bits per heavy atom. The van der Waals surface area contributed by atoms with Gasteiger partial charge < -0.3 is 14.9 Å². The lowest BCUT2D eigenvalue weighted by Crippen LogP contribution is -2.28. The summed E-state index contributed by atoms with van der Waals surface area (Å²) in [6.07, 6.45) is 0.358. The summed E-state index contributed by atoms with van der Waals surface area (Å²) in [5.41, 5.74) is 3.56. The number of carboxylic acid groups (broad SMARTS) is 1. The molecular weight excluding hydrogens is 256 g/mol. The highest BCUT2D eigenvalue weighted by atomic mass is 16.4. The van der Waals surface area contributed by atoms with E-state index in [2.05, 4.69) is 6.58 Å². The van der Waals surface area contributed by atoms with E-state index >= 15 is 0 Å². The van der Waals surface area contributed by atoms with Gasteiger partial charge in [-0.1, -0.05) is 12.2 Å². The number of carbonyl (C=O) groups is 2. The van der Waals surface area contributed by atoms with E-state index in [0.29, 0.717) is 13.0 Å². The minimum Gasteiger partial charge on any atom is -0.480 e. The first-order valence-corrected chi connectivity index (χ1v) is 6.39. The maximum absolute atomic E-state index is 12.0. The average Bonchev–Trinajstić information content (AvgIpc) is 2.63. The Hall–Kier alpha value is -2.30. The maximum Gasteiger partial charge on any atom is 0.323 e.